The second kappa shape index (κ2) is 22.2. The monoisotopic (exact) mass is 1310 g/mol. The summed E-state index contributed by atoms with van der Waals surface area (Å²) in [5, 5.41) is 17.3. The molecule has 2 saturated heterocycles. The molecule has 2 amide bonds. The van der Waals surface area contributed by atoms with Crippen molar-refractivity contribution >= 4 is 71.1 Å². The van der Waals surface area contributed by atoms with E-state index in [1.807, 2.05) is 18.3 Å². The highest BCUT2D eigenvalue weighted by Crippen LogP contribution is 2.94. The Kier molecular flexibility index (Phi) is 14.9. The molecule has 472 valence electrons. The van der Waals surface area contributed by atoms with Crippen LogP contribution in [-0.2, 0) is 20.0 Å². The number of rotatable bonds is 9. The highest BCUT2D eigenvalue weighted by molar-refractivity contribution is 9.10. The van der Waals surface area contributed by atoms with E-state index in [0.717, 1.165) is 86.6 Å². The molecular weight excluding hydrogens is 1240 g/mol. The molecule has 22 nitrogen and oxygen atoms in total. The summed E-state index contributed by atoms with van der Waals surface area (Å²) in [6.45, 7) is 12.9. The van der Waals surface area contributed by atoms with Gasteiger partial charge in [0.25, 0.3) is 31.9 Å². The second-order valence-corrected chi connectivity index (χ2v) is 31.9. The zero-order valence-electron chi connectivity index (χ0n) is 50.9. The van der Waals surface area contributed by atoms with E-state index < -0.39 is 31.9 Å². The van der Waals surface area contributed by atoms with Crippen molar-refractivity contribution in [3.63, 3.8) is 0 Å². The largest absolute Gasteiger partial charge is 0.478 e. The van der Waals surface area contributed by atoms with Crippen molar-refractivity contribution < 1.29 is 35.9 Å². The Labute approximate surface area is 528 Å². The van der Waals surface area contributed by atoms with Crippen LogP contribution in [0, 0.1) is 45.3 Å². The number of carbonyl (C=O) groups excluding carboxylic acids is 2. The first-order valence-corrected chi connectivity index (χ1v) is 35.5. The third kappa shape index (κ3) is 11.4. The minimum absolute atomic E-state index is 0.186. The highest BCUT2D eigenvalue weighted by Gasteiger charge is 2.86. The lowest BCUT2D eigenvalue weighted by Gasteiger charge is -2.34. The zero-order valence-corrected chi connectivity index (χ0v) is 54.2. The van der Waals surface area contributed by atoms with E-state index in [1.165, 1.54) is 69.9 Å². The van der Waals surface area contributed by atoms with Gasteiger partial charge in [-0.3, -0.25) is 9.59 Å². The van der Waals surface area contributed by atoms with Gasteiger partial charge in [-0.05, 0) is 240 Å². The maximum Gasteiger partial charge on any atom is 0.281 e. The van der Waals surface area contributed by atoms with Crippen LogP contribution >= 0.6 is 15.9 Å². The number of pyridine rings is 4. The van der Waals surface area contributed by atoms with Crippen LogP contribution in [0.2, 0.25) is 0 Å². The number of anilines is 4. The summed E-state index contributed by atoms with van der Waals surface area (Å²) < 4.78 is 70.4. The van der Waals surface area contributed by atoms with E-state index in [1.54, 1.807) is 59.4 Å². The summed E-state index contributed by atoms with van der Waals surface area (Å²) in [7, 11) is -8.35. The lowest BCUT2D eigenvalue weighted by atomic mass is 9.93. The first-order valence-electron chi connectivity index (χ1n) is 31.7. The number of fused-ring (bicyclic) bond motifs is 14. The van der Waals surface area contributed by atoms with Gasteiger partial charge in [-0.15, -0.1) is 5.10 Å². The Hall–Kier alpha value is -6.86. The van der Waals surface area contributed by atoms with Gasteiger partial charge in [-0.1, -0.05) is 12.1 Å². The van der Waals surface area contributed by atoms with Gasteiger partial charge >= 0.3 is 0 Å². The Balaban J connectivity index is 0.000000132. The predicted octanol–water partition coefficient (Wildman–Crippen LogP) is 10.1. The Morgan fingerprint density at radius 2 is 1.09 bits per heavy atom. The van der Waals surface area contributed by atoms with E-state index in [0.29, 0.717) is 88.5 Å². The van der Waals surface area contributed by atoms with Gasteiger partial charge in [-0.25, -0.2) is 39.2 Å². The summed E-state index contributed by atoms with van der Waals surface area (Å²) in [5.74, 6) is 4.93. The van der Waals surface area contributed by atoms with E-state index in [-0.39, 0.29) is 32.3 Å². The molecule has 25 heteroatoms. The minimum atomic E-state index is -4.22. The second-order valence-electron chi connectivity index (χ2n) is 27.8. The molecule has 0 unspecified atom stereocenters. The Bertz CT molecular complexity index is 3900. The fourth-order valence-electron chi connectivity index (χ4n) is 16.8. The average molecular weight is 1320 g/mol. The first-order chi connectivity index (χ1) is 42.6. The molecular formula is C64H79BrN14O8S2. The highest BCUT2D eigenvalue weighted by atomic mass is 79.9. The Morgan fingerprint density at radius 1 is 0.596 bits per heavy atom. The predicted molar refractivity (Wildman–Crippen MR) is 338 cm³/mol. The van der Waals surface area contributed by atoms with Gasteiger partial charge in [0.1, 0.15) is 27.9 Å². The number of aromatic nitrogens is 8. The number of nitrogens with zero attached hydrogens (tertiary/aromatic N) is 9. The van der Waals surface area contributed by atoms with Crippen molar-refractivity contribution in [2.75, 3.05) is 59.8 Å². The van der Waals surface area contributed by atoms with Crippen molar-refractivity contribution in [2.45, 2.75) is 152 Å². The summed E-state index contributed by atoms with van der Waals surface area (Å²) in [4.78, 5) is 48.8. The topological polar surface area (TPSA) is 274 Å². The number of aromatic amines is 1. The van der Waals surface area contributed by atoms with Crippen LogP contribution in [0.25, 0.3) is 5.82 Å². The molecule has 4 aliphatic heterocycles. The summed E-state index contributed by atoms with van der Waals surface area (Å²) >= 11 is 3.39. The number of nitrogens with one attached hydrogen (secondary N) is 5. The molecule has 10 heterocycles. The molecule has 0 radical (unpaired) electrons. The molecule has 8 bridgehead atoms. The molecule has 6 aliphatic carbocycles. The van der Waals surface area contributed by atoms with E-state index in [4.69, 9.17) is 14.5 Å². The number of ether oxygens (including phenoxy) is 2. The van der Waals surface area contributed by atoms with Crippen LogP contribution in [-0.4, -0.2) is 119 Å². The summed E-state index contributed by atoms with van der Waals surface area (Å²) in [6, 6.07) is 19.7. The number of carbonyl (C=O) groups is 2. The van der Waals surface area contributed by atoms with Crippen LogP contribution in [0.4, 0.5) is 23.3 Å². The standard InChI is InChI=1S/C32H39N7O4S.C20H24BrN5O3S.C12H16N2O/c1-30(2)19-21-5-4-16-33-24-6-3-7-27(34-24)44(41,42)37-29(40)22-8-9-25(35-28(22)38(30)20-21)39-17-10-26(36-39)43-18-11-23-31(12-13-31)32(23)14-15-32;1-20(2)11-13-5-4-10-22-16-6-3-7-17(24-16)30(28,29)25-19(27)14-8-9-15(21)23-18(14)26(20)12-13;1-7-13-14-10(1)15-8-2-9-11(3-4-11)12(9)5-6-12/h3,6-10,17,21,23H,4-5,11-16,18-20H2,1-2H3,(H,33,34)(H,37,40);3,6-9,13H,4-5,10-12H2,1-2H3,(H,22,24)(H,25,27);1,7,9H,2-6,8H2,(H,13,14)/t21-;13-;/m00./s1. The number of hydrogen-bond acceptors (Lipinski definition) is 18. The van der Waals surface area contributed by atoms with Crippen molar-refractivity contribution in [2.24, 2.45) is 45.3 Å². The molecule has 6 saturated carbocycles. The van der Waals surface area contributed by atoms with Gasteiger partial charge in [-0.2, -0.15) is 21.9 Å². The molecule has 6 aromatic rings. The van der Waals surface area contributed by atoms with Crippen LogP contribution in [0.3, 0.4) is 0 Å². The molecule has 16 rings (SSSR count). The Morgan fingerprint density at radius 3 is 1.58 bits per heavy atom. The van der Waals surface area contributed by atoms with Gasteiger partial charge < -0.3 is 29.9 Å². The number of hydrogen-bond donors (Lipinski definition) is 5. The molecule has 10 aliphatic rings. The molecule has 2 atom stereocenters. The number of sulfonamides is 2. The zero-order chi connectivity index (χ0) is 61.8. The third-order valence-electron chi connectivity index (χ3n) is 21.5. The normalized spacial score (nSPS) is 25.0. The fourth-order valence-corrected chi connectivity index (χ4v) is 18.9. The smallest absolute Gasteiger partial charge is 0.281 e. The fraction of sp³-hybridized carbons (Fsp3) is 0.562. The van der Waals surface area contributed by atoms with Crippen molar-refractivity contribution in [1.82, 2.24) is 49.4 Å². The minimum Gasteiger partial charge on any atom is -0.478 e. The lowest BCUT2D eigenvalue weighted by Crippen LogP contribution is -2.41. The average Bonchev–Trinajstić information content (AvgIpc) is 1.46. The van der Waals surface area contributed by atoms with Gasteiger partial charge in [0, 0.05) is 55.6 Å². The van der Waals surface area contributed by atoms with Gasteiger partial charge in [0.15, 0.2) is 15.9 Å². The van der Waals surface area contributed by atoms with E-state index in [9.17, 15) is 26.4 Å². The molecule has 89 heavy (non-hydrogen) atoms. The van der Waals surface area contributed by atoms with E-state index >= 15 is 0 Å². The van der Waals surface area contributed by atoms with Crippen LogP contribution < -0.4 is 39.4 Å². The van der Waals surface area contributed by atoms with Crippen molar-refractivity contribution in [3.8, 4) is 17.6 Å². The molecule has 6 aromatic heterocycles. The van der Waals surface area contributed by atoms with Crippen molar-refractivity contribution in [3.05, 3.63) is 101 Å². The van der Waals surface area contributed by atoms with Crippen LogP contribution in [0.5, 0.6) is 11.8 Å². The van der Waals surface area contributed by atoms with Crippen molar-refractivity contribution in [1.29, 1.82) is 0 Å². The summed E-state index contributed by atoms with van der Waals surface area (Å²) in [5.41, 5.74) is 2.89. The maximum absolute atomic E-state index is 13.6. The van der Waals surface area contributed by atoms with Gasteiger partial charge in [0.2, 0.25) is 11.8 Å². The number of amides is 2. The molecule has 5 N–H and O–H groups in total. The summed E-state index contributed by atoms with van der Waals surface area (Å²) in [6.07, 6.45) is 23.2. The number of halogens is 1. The van der Waals surface area contributed by atoms with Crippen LogP contribution in [0.1, 0.15) is 151 Å². The van der Waals surface area contributed by atoms with Gasteiger partial charge in [0.05, 0.1) is 30.5 Å². The molecule has 0 aromatic carbocycles. The maximum atomic E-state index is 13.6. The first kappa shape index (κ1) is 59.7. The SMILES string of the molecule is CC1(C)C[C@@H]2CCCNc3cccc(n3)S(=O)(=O)NC(=O)c3ccc(-n4ccc(OCCC5C6(CC6)C56CC6)n4)nc3N1C2.CC1(C)C[C@@H]2CCCNc3cccc(n3)S(=O)(=O)NC(=O)c3ccc(Br)nc3N1C2.c1cc(OCCC2C3(CC3)C23CC3)[nH]n1. The third-order valence-corrected chi connectivity index (χ3v) is 24.4. The molecule has 8 fully saturated rings. The lowest BCUT2D eigenvalue weighted by molar-refractivity contribution is 0.0972. The number of H-pyrrole nitrogens is 1. The van der Waals surface area contributed by atoms with Crippen LogP contribution in [0.15, 0.2) is 99.8 Å². The quantitative estimate of drug-likeness (QED) is 0.0842. The van der Waals surface area contributed by atoms with E-state index in [2.05, 4.69) is 104 Å². The molecule has 4 spiro atoms.